The molecule has 2 nitrogen and oxygen atoms in total. The van der Waals surface area contributed by atoms with Crippen molar-refractivity contribution in [2.24, 2.45) is 11.8 Å². The van der Waals surface area contributed by atoms with Crippen LogP contribution in [-0.4, -0.2) is 12.9 Å². The summed E-state index contributed by atoms with van der Waals surface area (Å²) < 4.78 is 5.34. The Morgan fingerprint density at radius 1 is 1.15 bits per heavy atom. The lowest BCUT2D eigenvalue weighted by atomic mass is 9.72. The first kappa shape index (κ1) is 13.4. The fourth-order valence-corrected chi connectivity index (χ4v) is 3.63. The Hall–Kier alpha value is -1.57. The topological polar surface area (TPSA) is 26.3 Å². The molecule has 3 atom stereocenters. The Labute approximate surface area is 120 Å². The Morgan fingerprint density at radius 2 is 1.95 bits per heavy atom. The van der Waals surface area contributed by atoms with Crippen molar-refractivity contribution in [3.63, 3.8) is 0 Å². The first-order valence-electron chi connectivity index (χ1n) is 7.52. The lowest BCUT2D eigenvalue weighted by molar-refractivity contribution is -0.117. The number of hydrogen-bond donors (Lipinski definition) is 0. The van der Waals surface area contributed by atoms with E-state index in [-0.39, 0.29) is 5.92 Å². The minimum Gasteiger partial charge on any atom is -0.497 e. The smallest absolute Gasteiger partial charge is 0.158 e. The third-order valence-electron chi connectivity index (χ3n) is 4.91. The first-order valence-corrected chi connectivity index (χ1v) is 7.52. The largest absolute Gasteiger partial charge is 0.497 e. The zero-order valence-corrected chi connectivity index (χ0v) is 12.5. The van der Waals surface area contributed by atoms with E-state index < -0.39 is 0 Å². The molecule has 106 valence electrons. The summed E-state index contributed by atoms with van der Waals surface area (Å²) in [5.41, 5.74) is 4.13. The van der Waals surface area contributed by atoms with E-state index in [0.29, 0.717) is 17.6 Å². The van der Waals surface area contributed by atoms with Crippen molar-refractivity contribution in [1.29, 1.82) is 0 Å². The summed E-state index contributed by atoms with van der Waals surface area (Å²) in [6, 6.07) is 6.40. The van der Waals surface area contributed by atoms with E-state index in [9.17, 15) is 4.79 Å². The highest BCUT2D eigenvalue weighted by atomic mass is 16.5. The maximum Gasteiger partial charge on any atom is 0.158 e. The number of carbonyl (C=O) groups excluding carboxylic acids is 1. The highest BCUT2D eigenvalue weighted by Gasteiger charge is 2.33. The van der Waals surface area contributed by atoms with E-state index >= 15 is 0 Å². The van der Waals surface area contributed by atoms with Crippen LogP contribution in [-0.2, 0) is 11.2 Å². The van der Waals surface area contributed by atoms with Gasteiger partial charge in [0.05, 0.1) is 7.11 Å². The molecule has 0 aromatic heterocycles. The third-order valence-corrected chi connectivity index (χ3v) is 4.91. The molecule has 0 N–H and O–H groups in total. The van der Waals surface area contributed by atoms with E-state index in [2.05, 4.69) is 26.0 Å². The Bertz CT molecular complexity index is 571. The van der Waals surface area contributed by atoms with Crippen LogP contribution in [0.25, 0.3) is 0 Å². The summed E-state index contributed by atoms with van der Waals surface area (Å²) in [4.78, 5) is 12.1. The first-order chi connectivity index (χ1) is 9.60. The average Bonchev–Trinajstić information content (AvgIpc) is 2.59. The summed E-state index contributed by atoms with van der Waals surface area (Å²) in [6.45, 7) is 4.29. The van der Waals surface area contributed by atoms with Crippen LogP contribution < -0.4 is 4.74 Å². The van der Waals surface area contributed by atoms with Gasteiger partial charge >= 0.3 is 0 Å². The van der Waals surface area contributed by atoms with Gasteiger partial charge in [0.25, 0.3) is 0 Å². The summed E-state index contributed by atoms with van der Waals surface area (Å²) >= 11 is 0. The number of benzene rings is 1. The molecule has 0 spiro atoms. The van der Waals surface area contributed by atoms with Gasteiger partial charge in [-0.15, -0.1) is 0 Å². The van der Waals surface area contributed by atoms with Crippen LogP contribution in [0.15, 0.2) is 29.8 Å². The highest BCUT2D eigenvalue weighted by molar-refractivity contribution is 5.92. The molecule has 1 aromatic rings. The molecular formula is C18H22O2. The summed E-state index contributed by atoms with van der Waals surface area (Å²) in [5, 5.41) is 0. The number of hydrogen-bond acceptors (Lipinski definition) is 2. The van der Waals surface area contributed by atoms with E-state index in [1.807, 2.05) is 12.1 Å². The molecule has 2 aliphatic carbocycles. The molecule has 0 fully saturated rings. The highest BCUT2D eigenvalue weighted by Crippen LogP contribution is 2.44. The Balaban J connectivity index is 2.06. The van der Waals surface area contributed by atoms with Crippen molar-refractivity contribution in [2.75, 3.05) is 7.11 Å². The fourth-order valence-electron chi connectivity index (χ4n) is 3.63. The number of ketones is 1. The summed E-state index contributed by atoms with van der Waals surface area (Å²) in [6.07, 6.45) is 5.03. The molecule has 0 saturated carbocycles. The van der Waals surface area contributed by atoms with Gasteiger partial charge in [0, 0.05) is 11.8 Å². The number of rotatable bonds is 1. The van der Waals surface area contributed by atoms with Crippen molar-refractivity contribution < 1.29 is 9.53 Å². The van der Waals surface area contributed by atoms with Crippen molar-refractivity contribution in [2.45, 2.75) is 39.0 Å². The van der Waals surface area contributed by atoms with Crippen molar-refractivity contribution >= 4 is 5.78 Å². The van der Waals surface area contributed by atoms with Gasteiger partial charge in [0.2, 0.25) is 0 Å². The van der Waals surface area contributed by atoms with Gasteiger partial charge in [-0.05, 0) is 54.5 Å². The number of ether oxygens (including phenoxy) is 1. The SMILES string of the molecule is COc1ccc2c(c1)CC(C)C1=CC(=O)[C@@H](C)CC[C@@H]12. The van der Waals surface area contributed by atoms with Crippen LogP contribution in [0.4, 0.5) is 0 Å². The van der Waals surface area contributed by atoms with Gasteiger partial charge in [0.1, 0.15) is 5.75 Å². The summed E-state index contributed by atoms with van der Waals surface area (Å²) in [7, 11) is 1.71. The molecule has 0 amide bonds. The molecule has 0 radical (unpaired) electrons. The molecular weight excluding hydrogens is 248 g/mol. The van der Waals surface area contributed by atoms with E-state index in [1.54, 1.807) is 7.11 Å². The summed E-state index contributed by atoms with van der Waals surface area (Å²) in [5.74, 6) is 2.29. The second kappa shape index (κ2) is 5.08. The van der Waals surface area contributed by atoms with Gasteiger partial charge in [-0.2, -0.15) is 0 Å². The van der Waals surface area contributed by atoms with Crippen LogP contribution in [0.1, 0.15) is 43.7 Å². The van der Waals surface area contributed by atoms with E-state index in [0.717, 1.165) is 25.0 Å². The Kier molecular flexibility index (Phi) is 3.41. The Morgan fingerprint density at radius 3 is 2.70 bits per heavy atom. The quantitative estimate of drug-likeness (QED) is 0.773. The molecule has 3 rings (SSSR count). The third kappa shape index (κ3) is 2.17. The standard InChI is InChI=1S/C18H22O2/c1-11-4-6-16-15-7-5-14(20-3)9-13(15)8-12(2)17(16)10-18(11)19/h5,7,9-12,16H,4,6,8H2,1-3H3/t11-,12?,16+/m0/s1. The molecule has 1 aromatic carbocycles. The van der Waals surface area contributed by atoms with Crippen LogP contribution in [0.5, 0.6) is 5.75 Å². The predicted molar refractivity (Wildman–Crippen MR) is 80.1 cm³/mol. The van der Waals surface area contributed by atoms with Gasteiger partial charge in [-0.25, -0.2) is 0 Å². The van der Waals surface area contributed by atoms with Crippen molar-refractivity contribution in [3.05, 3.63) is 41.0 Å². The number of allylic oxidation sites excluding steroid dienone is 2. The average molecular weight is 270 g/mol. The predicted octanol–water partition coefficient (Wildman–Crippen LogP) is 3.90. The second-order valence-electron chi connectivity index (χ2n) is 6.25. The van der Waals surface area contributed by atoms with Gasteiger partial charge < -0.3 is 4.74 Å². The molecule has 0 heterocycles. The van der Waals surface area contributed by atoms with Crippen molar-refractivity contribution in [1.82, 2.24) is 0 Å². The number of methoxy groups -OCH3 is 1. The maximum atomic E-state index is 12.1. The van der Waals surface area contributed by atoms with Gasteiger partial charge in [-0.3, -0.25) is 4.79 Å². The molecule has 2 heteroatoms. The normalized spacial score (nSPS) is 29.1. The van der Waals surface area contributed by atoms with Crippen molar-refractivity contribution in [3.8, 4) is 5.75 Å². The molecule has 2 aliphatic rings. The molecule has 20 heavy (non-hydrogen) atoms. The van der Waals surface area contributed by atoms with Crippen LogP contribution in [0, 0.1) is 11.8 Å². The number of fused-ring (bicyclic) bond motifs is 3. The van der Waals surface area contributed by atoms with Crippen LogP contribution in [0.3, 0.4) is 0 Å². The second-order valence-corrected chi connectivity index (χ2v) is 6.25. The molecule has 1 unspecified atom stereocenters. The fraction of sp³-hybridized carbons (Fsp3) is 0.500. The molecule has 0 saturated heterocycles. The zero-order valence-electron chi connectivity index (χ0n) is 12.5. The zero-order chi connectivity index (χ0) is 14.3. The monoisotopic (exact) mass is 270 g/mol. The van der Waals surface area contributed by atoms with Gasteiger partial charge in [0.15, 0.2) is 5.78 Å². The van der Waals surface area contributed by atoms with Gasteiger partial charge in [-0.1, -0.05) is 25.5 Å². The maximum absolute atomic E-state index is 12.1. The molecule has 0 aliphatic heterocycles. The minimum absolute atomic E-state index is 0.169. The van der Waals surface area contributed by atoms with E-state index in [4.69, 9.17) is 4.74 Å². The minimum atomic E-state index is 0.169. The lowest BCUT2D eigenvalue weighted by Gasteiger charge is -2.32. The lowest BCUT2D eigenvalue weighted by Crippen LogP contribution is -2.20. The van der Waals surface area contributed by atoms with E-state index in [1.165, 1.54) is 16.7 Å². The number of carbonyl (C=O) groups is 1. The van der Waals surface area contributed by atoms with Crippen LogP contribution in [0.2, 0.25) is 0 Å². The molecule has 0 bridgehead atoms. The van der Waals surface area contributed by atoms with Crippen LogP contribution >= 0.6 is 0 Å².